The first-order chi connectivity index (χ1) is 6.16. The Bertz CT molecular complexity index is 179. The van der Waals surface area contributed by atoms with E-state index < -0.39 is 0 Å². The molecule has 0 bridgehead atoms. The van der Waals surface area contributed by atoms with Crippen LogP contribution >= 0.6 is 12.4 Å². The fourth-order valence-electron chi connectivity index (χ4n) is 1.93. The van der Waals surface area contributed by atoms with Gasteiger partial charge in [-0.25, -0.2) is 0 Å². The molecule has 14 heavy (non-hydrogen) atoms. The van der Waals surface area contributed by atoms with Crippen LogP contribution in [0.15, 0.2) is 0 Å². The van der Waals surface area contributed by atoms with Gasteiger partial charge in [0.05, 0.1) is 13.0 Å². The lowest BCUT2D eigenvalue weighted by Crippen LogP contribution is -2.43. The number of nitrogens with two attached hydrogens (primary N) is 1. The quantitative estimate of drug-likeness (QED) is 0.742. The van der Waals surface area contributed by atoms with E-state index in [-0.39, 0.29) is 23.9 Å². The summed E-state index contributed by atoms with van der Waals surface area (Å²) in [6.07, 6.45) is 5.87. The van der Waals surface area contributed by atoms with Crippen molar-refractivity contribution >= 4 is 18.4 Å². The van der Waals surface area contributed by atoms with Gasteiger partial charge >= 0.3 is 5.97 Å². The third-order valence-electron chi connectivity index (χ3n) is 2.65. The second-order valence-corrected chi connectivity index (χ2v) is 3.90. The predicted molar refractivity (Wildman–Crippen MR) is 58.5 cm³/mol. The van der Waals surface area contributed by atoms with Crippen LogP contribution in [0.5, 0.6) is 0 Å². The third-order valence-corrected chi connectivity index (χ3v) is 2.65. The van der Waals surface area contributed by atoms with Gasteiger partial charge in [-0.05, 0) is 19.8 Å². The van der Waals surface area contributed by atoms with Crippen LogP contribution in [-0.4, -0.2) is 18.1 Å². The lowest BCUT2D eigenvalue weighted by molar-refractivity contribution is -0.144. The summed E-state index contributed by atoms with van der Waals surface area (Å²) in [6, 6.07) is 0. The first-order valence-corrected chi connectivity index (χ1v) is 5.11. The Balaban J connectivity index is 0.00000169. The molecule has 0 aromatic heterocycles. The van der Waals surface area contributed by atoms with Crippen molar-refractivity contribution in [1.29, 1.82) is 0 Å². The highest BCUT2D eigenvalue weighted by atomic mass is 35.5. The fraction of sp³-hybridized carbons (Fsp3) is 0.900. The van der Waals surface area contributed by atoms with Gasteiger partial charge in [-0.2, -0.15) is 0 Å². The maximum Gasteiger partial charge on any atom is 0.307 e. The van der Waals surface area contributed by atoms with Gasteiger partial charge < -0.3 is 10.5 Å². The van der Waals surface area contributed by atoms with Crippen LogP contribution in [0.2, 0.25) is 0 Å². The highest BCUT2D eigenvalue weighted by Crippen LogP contribution is 2.28. The van der Waals surface area contributed by atoms with Gasteiger partial charge in [0, 0.05) is 5.54 Å². The van der Waals surface area contributed by atoms with E-state index in [0.717, 1.165) is 25.7 Å². The summed E-state index contributed by atoms with van der Waals surface area (Å²) in [5.74, 6) is -0.146. The number of ether oxygens (including phenoxy) is 1. The third kappa shape index (κ3) is 4.29. The van der Waals surface area contributed by atoms with Crippen LogP contribution in [0.3, 0.4) is 0 Å². The van der Waals surface area contributed by atoms with Crippen LogP contribution in [0.4, 0.5) is 0 Å². The summed E-state index contributed by atoms with van der Waals surface area (Å²) >= 11 is 0. The van der Waals surface area contributed by atoms with Crippen LogP contribution in [0, 0.1) is 0 Å². The Hall–Kier alpha value is -0.280. The molecular weight excluding hydrogens is 202 g/mol. The molecule has 0 amide bonds. The molecule has 0 aromatic carbocycles. The highest BCUT2D eigenvalue weighted by molar-refractivity contribution is 5.85. The zero-order valence-electron chi connectivity index (χ0n) is 8.75. The molecule has 1 aliphatic rings. The predicted octanol–water partition coefficient (Wildman–Crippen LogP) is 2.02. The minimum atomic E-state index is -0.273. The lowest BCUT2D eigenvalue weighted by Gasteiger charge is -2.32. The largest absolute Gasteiger partial charge is 0.466 e. The molecule has 0 atom stereocenters. The Morgan fingerprint density at radius 1 is 1.36 bits per heavy atom. The van der Waals surface area contributed by atoms with E-state index in [2.05, 4.69) is 0 Å². The van der Waals surface area contributed by atoms with Gasteiger partial charge in [-0.3, -0.25) is 4.79 Å². The first-order valence-electron chi connectivity index (χ1n) is 5.11. The van der Waals surface area contributed by atoms with E-state index in [1.54, 1.807) is 0 Å². The summed E-state index contributed by atoms with van der Waals surface area (Å²) in [7, 11) is 0. The topological polar surface area (TPSA) is 52.3 Å². The minimum Gasteiger partial charge on any atom is -0.466 e. The smallest absolute Gasteiger partial charge is 0.307 e. The summed E-state index contributed by atoms with van der Waals surface area (Å²) in [6.45, 7) is 2.27. The number of carbonyl (C=O) groups is 1. The molecule has 1 fully saturated rings. The average Bonchev–Trinajstić information content (AvgIpc) is 2.04. The van der Waals surface area contributed by atoms with Crippen LogP contribution in [-0.2, 0) is 9.53 Å². The van der Waals surface area contributed by atoms with Crippen molar-refractivity contribution < 1.29 is 9.53 Å². The molecular formula is C10H20ClNO2. The standard InChI is InChI=1S/C10H19NO2.ClH/c1-2-13-9(12)8-10(11)6-4-3-5-7-10;/h2-8,11H2,1H3;1H. The van der Waals surface area contributed by atoms with E-state index in [4.69, 9.17) is 10.5 Å². The number of carbonyl (C=O) groups excluding carboxylic acids is 1. The summed E-state index contributed by atoms with van der Waals surface area (Å²) in [5, 5.41) is 0. The molecule has 1 saturated carbocycles. The van der Waals surface area contributed by atoms with Gasteiger partial charge in [-0.1, -0.05) is 19.3 Å². The average molecular weight is 222 g/mol. The van der Waals surface area contributed by atoms with Gasteiger partial charge in [0.1, 0.15) is 0 Å². The molecule has 4 heteroatoms. The lowest BCUT2D eigenvalue weighted by atomic mass is 9.80. The van der Waals surface area contributed by atoms with Crippen molar-refractivity contribution in [3.8, 4) is 0 Å². The van der Waals surface area contributed by atoms with Gasteiger partial charge in [0.25, 0.3) is 0 Å². The Morgan fingerprint density at radius 2 is 1.93 bits per heavy atom. The summed E-state index contributed by atoms with van der Waals surface area (Å²) < 4.78 is 4.89. The molecule has 1 aliphatic carbocycles. The Labute approximate surface area is 91.8 Å². The van der Waals surface area contributed by atoms with Crippen molar-refractivity contribution in [3.63, 3.8) is 0 Å². The molecule has 2 N–H and O–H groups in total. The second kappa shape index (κ2) is 6.25. The number of hydrogen-bond acceptors (Lipinski definition) is 3. The van der Waals surface area contributed by atoms with E-state index in [0.29, 0.717) is 13.0 Å². The van der Waals surface area contributed by atoms with Gasteiger partial charge in [-0.15, -0.1) is 12.4 Å². The molecule has 84 valence electrons. The number of halogens is 1. The zero-order valence-corrected chi connectivity index (χ0v) is 9.57. The molecule has 0 heterocycles. The molecule has 0 unspecified atom stereocenters. The number of hydrogen-bond donors (Lipinski definition) is 1. The SMILES string of the molecule is CCOC(=O)CC1(N)CCCCC1.Cl. The van der Waals surface area contributed by atoms with E-state index in [1.807, 2.05) is 6.92 Å². The van der Waals surface area contributed by atoms with Crippen molar-refractivity contribution in [2.75, 3.05) is 6.61 Å². The normalized spacial score (nSPS) is 19.6. The zero-order chi connectivity index (χ0) is 9.73. The number of esters is 1. The summed E-state index contributed by atoms with van der Waals surface area (Å²) in [5.41, 5.74) is 5.82. The van der Waals surface area contributed by atoms with E-state index in [9.17, 15) is 4.79 Å². The molecule has 0 aliphatic heterocycles. The van der Waals surface area contributed by atoms with Crippen molar-refractivity contribution in [2.45, 2.75) is 51.0 Å². The van der Waals surface area contributed by atoms with Crippen molar-refractivity contribution in [1.82, 2.24) is 0 Å². The summed E-state index contributed by atoms with van der Waals surface area (Å²) in [4.78, 5) is 11.2. The first kappa shape index (κ1) is 13.7. The fourth-order valence-corrected chi connectivity index (χ4v) is 1.93. The van der Waals surface area contributed by atoms with Crippen LogP contribution in [0.25, 0.3) is 0 Å². The van der Waals surface area contributed by atoms with Crippen molar-refractivity contribution in [2.24, 2.45) is 5.73 Å². The molecule has 3 nitrogen and oxygen atoms in total. The monoisotopic (exact) mass is 221 g/mol. The van der Waals surface area contributed by atoms with E-state index >= 15 is 0 Å². The molecule has 0 aromatic rings. The van der Waals surface area contributed by atoms with Crippen LogP contribution < -0.4 is 5.73 Å². The van der Waals surface area contributed by atoms with E-state index in [1.165, 1.54) is 6.42 Å². The molecule has 1 rings (SSSR count). The van der Waals surface area contributed by atoms with Gasteiger partial charge in [0.15, 0.2) is 0 Å². The molecule has 0 spiro atoms. The highest BCUT2D eigenvalue weighted by Gasteiger charge is 2.30. The second-order valence-electron chi connectivity index (χ2n) is 3.90. The minimum absolute atomic E-state index is 0. The van der Waals surface area contributed by atoms with Crippen LogP contribution in [0.1, 0.15) is 45.4 Å². The maximum atomic E-state index is 11.2. The molecule has 0 radical (unpaired) electrons. The van der Waals surface area contributed by atoms with Gasteiger partial charge in [0.2, 0.25) is 0 Å². The number of rotatable bonds is 3. The Kier molecular flexibility index (Phi) is 6.12. The van der Waals surface area contributed by atoms with Crippen molar-refractivity contribution in [3.05, 3.63) is 0 Å². The maximum absolute atomic E-state index is 11.2. The Morgan fingerprint density at radius 3 is 2.43 bits per heavy atom. The molecule has 0 saturated heterocycles.